The number of benzene rings is 1. The third kappa shape index (κ3) is 2.24. The van der Waals surface area contributed by atoms with E-state index in [2.05, 4.69) is 25.3 Å². The van der Waals surface area contributed by atoms with Gasteiger partial charge in [0.05, 0.1) is 29.5 Å². The van der Waals surface area contributed by atoms with Gasteiger partial charge in [0.25, 0.3) is 0 Å². The van der Waals surface area contributed by atoms with Gasteiger partial charge in [-0.1, -0.05) is 12.1 Å². The van der Waals surface area contributed by atoms with Gasteiger partial charge in [-0.05, 0) is 18.2 Å². The summed E-state index contributed by atoms with van der Waals surface area (Å²) in [6, 6.07) is 9.65. The Hall–Kier alpha value is -2.56. The van der Waals surface area contributed by atoms with Crippen molar-refractivity contribution < 1.29 is 0 Å². The number of fused-ring (bicyclic) bond motifs is 1. The summed E-state index contributed by atoms with van der Waals surface area (Å²) in [5, 5.41) is 3.19. The molecule has 0 saturated carbocycles. The van der Waals surface area contributed by atoms with Gasteiger partial charge < -0.3 is 5.32 Å². The van der Waals surface area contributed by atoms with Crippen LogP contribution in [0.5, 0.6) is 0 Å². The molecule has 2 heterocycles. The lowest BCUT2D eigenvalue weighted by molar-refractivity contribution is 0.996. The molecule has 5 nitrogen and oxygen atoms in total. The minimum atomic E-state index is 0.607. The second kappa shape index (κ2) is 4.75. The van der Waals surface area contributed by atoms with Crippen LogP contribution in [-0.2, 0) is 6.54 Å². The molecule has 0 amide bonds. The first kappa shape index (κ1) is 10.6. The molecule has 5 heteroatoms. The Bertz CT molecular complexity index is 654. The zero-order chi connectivity index (χ0) is 12.2. The molecule has 1 aromatic carbocycles. The standard InChI is InChI=1S/C13H11N5/c1-2-4-12-11(3-1)15-8-13(18-12)16-7-10-5-6-14-9-17-10/h1-6,8-9H,7H2,(H,16,18). The van der Waals surface area contributed by atoms with E-state index in [9.17, 15) is 0 Å². The van der Waals surface area contributed by atoms with Gasteiger partial charge >= 0.3 is 0 Å². The van der Waals surface area contributed by atoms with Crippen molar-refractivity contribution >= 4 is 16.9 Å². The summed E-state index contributed by atoms with van der Waals surface area (Å²) >= 11 is 0. The lowest BCUT2D eigenvalue weighted by Crippen LogP contribution is -2.03. The number of rotatable bonds is 3. The predicted octanol–water partition coefficient (Wildman–Crippen LogP) is 2.03. The average Bonchev–Trinajstić information content (AvgIpc) is 2.46. The molecule has 1 N–H and O–H groups in total. The molecule has 0 bridgehead atoms. The molecule has 3 aromatic rings. The molecule has 18 heavy (non-hydrogen) atoms. The Morgan fingerprint density at radius 1 is 1.00 bits per heavy atom. The topological polar surface area (TPSA) is 63.6 Å². The molecule has 0 fully saturated rings. The van der Waals surface area contributed by atoms with Crippen LogP contribution in [0.15, 0.2) is 49.1 Å². The smallest absolute Gasteiger partial charge is 0.145 e. The van der Waals surface area contributed by atoms with Gasteiger partial charge in [-0.25, -0.2) is 15.0 Å². The Balaban J connectivity index is 1.79. The van der Waals surface area contributed by atoms with Crippen molar-refractivity contribution in [3.8, 4) is 0 Å². The first-order valence-corrected chi connectivity index (χ1v) is 5.62. The third-order valence-electron chi connectivity index (χ3n) is 2.54. The highest BCUT2D eigenvalue weighted by Crippen LogP contribution is 2.11. The molecular formula is C13H11N5. The van der Waals surface area contributed by atoms with Crippen molar-refractivity contribution in [1.29, 1.82) is 0 Å². The van der Waals surface area contributed by atoms with Crippen molar-refractivity contribution in [2.24, 2.45) is 0 Å². The van der Waals surface area contributed by atoms with Gasteiger partial charge in [0.15, 0.2) is 0 Å². The van der Waals surface area contributed by atoms with Crippen molar-refractivity contribution in [2.75, 3.05) is 5.32 Å². The molecule has 2 aromatic heterocycles. The van der Waals surface area contributed by atoms with Crippen molar-refractivity contribution in [2.45, 2.75) is 6.54 Å². The van der Waals surface area contributed by atoms with Crippen LogP contribution >= 0.6 is 0 Å². The van der Waals surface area contributed by atoms with Crippen LogP contribution in [0.2, 0.25) is 0 Å². The van der Waals surface area contributed by atoms with Crippen LogP contribution in [0.1, 0.15) is 5.69 Å². The normalized spacial score (nSPS) is 10.4. The third-order valence-corrected chi connectivity index (χ3v) is 2.54. The van der Waals surface area contributed by atoms with E-state index in [4.69, 9.17) is 0 Å². The second-order valence-corrected chi connectivity index (χ2v) is 3.80. The number of hydrogen-bond donors (Lipinski definition) is 1. The quantitative estimate of drug-likeness (QED) is 0.755. The first-order chi connectivity index (χ1) is 8.92. The van der Waals surface area contributed by atoms with E-state index in [1.807, 2.05) is 30.3 Å². The summed E-state index contributed by atoms with van der Waals surface area (Å²) in [5.74, 6) is 0.743. The van der Waals surface area contributed by atoms with E-state index in [1.54, 1.807) is 12.4 Å². The second-order valence-electron chi connectivity index (χ2n) is 3.80. The van der Waals surface area contributed by atoms with E-state index in [0.717, 1.165) is 22.5 Å². The summed E-state index contributed by atoms with van der Waals surface area (Å²) in [6.07, 6.45) is 4.97. The lowest BCUT2D eigenvalue weighted by atomic mass is 10.3. The monoisotopic (exact) mass is 237 g/mol. The highest BCUT2D eigenvalue weighted by Gasteiger charge is 1.99. The fourth-order valence-corrected chi connectivity index (χ4v) is 1.65. The van der Waals surface area contributed by atoms with Crippen LogP contribution in [0, 0.1) is 0 Å². The molecule has 3 rings (SSSR count). The Labute approximate surface area is 104 Å². The van der Waals surface area contributed by atoms with Gasteiger partial charge in [0.1, 0.15) is 12.1 Å². The van der Waals surface area contributed by atoms with E-state index in [1.165, 1.54) is 6.33 Å². The summed E-state index contributed by atoms with van der Waals surface area (Å²) < 4.78 is 0. The van der Waals surface area contributed by atoms with E-state index >= 15 is 0 Å². The van der Waals surface area contributed by atoms with Crippen LogP contribution in [-0.4, -0.2) is 19.9 Å². The molecule has 0 saturated heterocycles. The van der Waals surface area contributed by atoms with Crippen molar-refractivity contribution in [1.82, 2.24) is 19.9 Å². The van der Waals surface area contributed by atoms with Crippen LogP contribution in [0.25, 0.3) is 11.0 Å². The first-order valence-electron chi connectivity index (χ1n) is 5.62. The predicted molar refractivity (Wildman–Crippen MR) is 68.9 cm³/mol. The summed E-state index contributed by atoms with van der Waals surface area (Å²) in [5.41, 5.74) is 2.69. The molecule has 88 valence electrons. The molecule has 0 unspecified atom stereocenters. The minimum absolute atomic E-state index is 0.607. The fraction of sp³-hybridized carbons (Fsp3) is 0.0769. The minimum Gasteiger partial charge on any atom is -0.363 e. The SMILES string of the molecule is c1ccc2nc(NCc3ccncn3)cnc2c1. The zero-order valence-corrected chi connectivity index (χ0v) is 9.61. The largest absolute Gasteiger partial charge is 0.363 e. The average molecular weight is 237 g/mol. The Kier molecular flexibility index (Phi) is 2.79. The van der Waals surface area contributed by atoms with Gasteiger partial charge in [-0.2, -0.15) is 0 Å². The number of hydrogen-bond acceptors (Lipinski definition) is 5. The molecule has 0 aliphatic heterocycles. The Morgan fingerprint density at radius 3 is 2.72 bits per heavy atom. The highest BCUT2D eigenvalue weighted by molar-refractivity contribution is 5.75. The summed E-state index contributed by atoms with van der Waals surface area (Å²) in [7, 11) is 0. The Morgan fingerprint density at radius 2 is 1.89 bits per heavy atom. The van der Waals surface area contributed by atoms with Gasteiger partial charge in [0, 0.05) is 6.20 Å². The maximum Gasteiger partial charge on any atom is 0.145 e. The number of aromatic nitrogens is 4. The number of anilines is 1. The van der Waals surface area contributed by atoms with Gasteiger partial charge in [0.2, 0.25) is 0 Å². The van der Waals surface area contributed by atoms with Crippen LogP contribution in [0.4, 0.5) is 5.82 Å². The number of nitrogens with zero attached hydrogens (tertiary/aromatic N) is 4. The molecular weight excluding hydrogens is 226 g/mol. The lowest BCUT2D eigenvalue weighted by Gasteiger charge is -2.05. The highest BCUT2D eigenvalue weighted by atomic mass is 15.0. The van der Waals surface area contributed by atoms with Crippen molar-refractivity contribution in [3.05, 3.63) is 54.7 Å². The summed E-state index contributed by atoms with van der Waals surface area (Å²) in [4.78, 5) is 16.8. The molecule has 0 spiro atoms. The van der Waals surface area contributed by atoms with Gasteiger partial charge in [-0.3, -0.25) is 4.98 Å². The molecule has 0 atom stereocenters. The van der Waals surface area contributed by atoms with E-state index in [0.29, 0.717) is 6.54 Å². The van der Waals surface area contributed by atoms with Crippen LogP contribution < -0.4 is 5.32 Å². The van der Waals surface area contributed by atoms with Crippen LogP contribution in [0.3, 0.4) is 0 Å². The number of nitrogens with one attached hydrogen (secondary N) is 1. The maximum atomic E-state index is 4.47. The maximum absolute atomic E-state index is 4.47. The molecule has 0 aliphatic rings. The number of para-hydroxylation sites is 2. The molecule has 0 aliphatic carbocycles. The van der Waals surface area contributed by atoms with Crippen molar-refractivity contribution in [3.63, 3.8) is 0 Å². The van der Waals surface area contributed by atoms with Gasteiger partial charge in [-0.15, -0.1) is 0 Å². The van der Waals surface area contributed by atoms with E-state index in [-0.39, 0.29) is 0 Å². The fourth-order valence-electron chi connectivity index (χ4n) is 1.65. The summed E-state index contributed by atoms with van der Waals surface area (Å²) in [6.45, 7) is 0.607. The zero-order valence-electron chi connectivity index (χ0n) is 9.61. The molecule has 0 radical (unpaired) electrons. The van der Waals surface area contributed by atoms with E-state index < -0.39 is 0 Å².